The average molecular weight is 834 g/mol. The number of halogens is 2. The second-order valence-corrected chi connectivity index (χ2v) is 16.1. The summed E-state index contributed by atoms with van der Waals surface area (Å²) < 4.78 is 6.78. The highest BCUT2D eigenvalue weighted by molar-refractivity contribution is 7.99. The third-order valence-electron chi connectivity index (χ3n) is 9.98. The number of anilines is 6. The molecule has 9 aromatic rings. The van der Waals surface area contributed by atoms with Crippen molar-refractivity contribution in [3.8, 4) is 33.8 Å². The molecule has 0 aliphatic carbocycles. The van der Waals surface area contributed by atoms with Crippen molar-refractivity contribution in [2.75, 3.05) is 9.80 Å². The highest BCUT2D eigenvalue weighted by Crippen LogP contribution is 2.50. The number of rotatable bonds is 12. The van der Waals surface area contributed by atoms with Crippen LogP contribution in [0.15, 0.2) is 240 Å². The Balaban J connectivity index is 1.34. The summed E-state index contributed by atoms with van der Waals surface area (Å²) in [6, 6.07) is 79.4. The lowest BCUT2D eigenvalue weighted by molar-refractivity contribution is 0.483. The van der Waals surface area contributed by atoms with Gasteiger partial charge in [-0.05, 0) is 90.0 Å². The van der Waals surface area contributed by atoms with Gasteiger partial charge in [0.15, 0.2) is 0 Å². The highest BCUT2D eigenvalue weighted by Gasteiger charge is 2.25. The third-order valence-corrected chi connectivity index (χ3v) is 11.4. The molecule has 9 aromatic carbocycles. The molecule has 0 aliphatic heterocycles. The van der Waals surface area contributed by atoms with E-state index < -0.39 is 0 Å². The molecule has 0 spiro atoms. The predicted octanol–water partition coefficient (Wildman–Crippen LogP) is 17.2. The van der Waals surface area contributed by atoms with Gasteiger partial charge in [0.05, 0.1) is 17.1 Å². The van der Waals surface area contributed by atoms with E-state index in [4.69, 9.17) is 27.9 Å². The average Bonchev–Trinajstić information content (AvgIpc) is 3.28. The van der Waals surface area contributed by atoms with Crippen molar-refractivity contribution in [3.63, 3.8) is 0 Å². The van der Waals surface area contributed by atoms with Gasteiger partial charge in [-0.1, -0.05) is 174 Å². The maximum absolute atomic E-state index is 6.78. The van der Waals surface area contributed by atoms with Crippen molar-refractivity contribution in [2.24, 2.45) is 0 Å². The molecule has 0 saturated heterocycles. The Labute approximate surface area is 365 Å². The van der Waals surface area contributed by atoms with E-state index in [1.165, 1.54) is 0 Å². The van der Waals surface area contributed by atoms with Gasteiger partial charge in [-0.2, -0.15) is 0 Å². The molecule has 0 amide bonds. The second kappa shape index (κ2) is 18.1. The number of hydrogen-bond acceptors (Lipinski definition) is 4. The molecule has 290 valence electrons. The van der Waals surface area contributed by atoms with Gasteiger partial charge in [-0.15, -0.1) is 0 Å². The number of para-hydroxylation sites is 4. The van der Waals surface area contributed by atoms with Gasteiger partial charge in [0, 0.05) is 60.2 Å². The van der Waals surface area contributed by atoms with Gasteiger partial charge >= 0.3 is 0 Å². The molecule has 9 rings (SSSR count). The van der Waals surface area contributed by atoms with Crippen LogP contribution in [0.2, 0.25) is 10.0 Å². The molecule has 60 heavy (non-hydrogen) atoms. The lowest BCUT2D eigenvalue weighted by Gasteiger charge is -2.33. The summed E-state index contributed by atoms with van der Waals surface area (Å²) in [6.45, 7) is 0. The Morgan fingerprint density at radius 1 is 0.333 bits per heavy atom. The summed E-state index contributed by atoms with van der Waals surface area (Å²) in [7, 11) is 0. The monoisotopic (exact) mass is 832 g/mol. The Kier molecular flexibility index (Phi) is 11.7. The fourth-order valence-electron chi connectivity index (χ4n) is 7.41. The molecule has 0 unspecified atom stereocenters. The summed E-state index contributed by atoms with van der Waals surface area (Å²) in [6.07, 6.45) is 0. The quantitative estimate of drug-likeness (QED) is 0.122. The van der Waals surface area contributed by atoms with Crippen molar-refractivity contribution in [1.82, 2.24) is 0 Å². The van der Waals surface area contributed by atoms with Crippen LogP contribution < -0.4 is 14.5 Å². The first kappa shape index (κ1) is 38.8. The molecular formula is C54H38Cl2N2OS. The molecule has 0 saturated carbocycles. The first-order chi connectivity index (χ1) is 29.6. The van der Waals surface area contributed by atoms with Crippen LogP contribution in [0.4, 0.5) is 34.1 Å². The Morgan fingerprint density at radius 3 is 1.35 bits per heavy atom. The van der Waals surface area contributed by atoms with Crippen molar-refractivity contribution in [3.05, 3.63) is 241 Å². The third kappa shape index (κ3) is 8.83. The highest BCUT2D eigenvalue weighted by atomic mass is 35.5. The Hall–Kier alpha value is -6.69. The Morgan fingerprint density at radius 2 is 0.800 bits per heavy atom. The maximum atomic E-state index is 6.78. The van der Waals surface area contributed by atoms with E-state index >= 15 is 0 Å². The molecule has 0 atom stereocenters. The van der Waals surface area contributed by atoms with E-state index in [9.17, 15) is 0 Å². The summed E-state index contributed by atoms with van der Waals surface area (Å²) >= 11 is 14.6. The molecule has 0 aliphatic rings. The van der Waals surface area contributed by atoms with Crippen LogP contribution >= 0.6 is 35.0 Å². The molecule has 3 nitrogen and oxygen atoms in total. The van der Waals surface area contributed by atoms with Crippen LogP contribution in [-0.2, 0) is 0 Å². The van der Waals surface area contributed by atoms with Crippen LogP contribution in [0.3, 0.4) is 0 Å². The molecule has 0 heterocycles. The molecule has 0 N–H and O–H groups in total. The van der Waals surface area contributed by atoms with Crippen LogP contribution in [-0.4, -0.2) is 0 Å². The minimum atomic E-state index is 0.594. The number of benzene rings is 9. The van der Waals surface area contributed by atoms with E-state index in [-0.39, 0.29) is 0 Å². The van der Waals surface area contributed by atoms with E-state index in [2.05, 4.69) is 180 Å². The number of ether oxygens (including phenoxy) is 1. The van der Waals surface area contributed by atoms with Crippen LogP contribution in [0, 0.1) is 0 Å². The first-order valence-electron chi connectivity index (χ1n) is 19.6. The Bertz CT molecular complexity index is 2730. The van der Waals surface area contributed by atoms with Crippen LogP contribution in [0.1, 0.15) is 0 Å². The first-order valence-corrected chi connectivity index (χ1v) is 21.2. The number of nitrogens with zero attached hydrogens (tertiary/aromatic N) is 2. The van der Waals surface area contributed by atoms with E-state index in [0.717, 1.165) is 71.9 Å². The van der Waals surface area contributed by atoms with Gasteiger partial charge in [0.2, 0.25) is 0 Å². The zero-order valence-electron chi connectivity index (χ0n) is 32.4. The lowest BCUT2D eigenvalue weighted by atomic mass is 9.94. The van der Waals surface area contributed by atoms with Crippen molar-refractivity contribution >= 4 is 69.1 Å². The number of hydrogen-bond donors (Lipinski definition) is 0. The van der Waals surface area contributed by atoms with Gasteiger partial charge < -0.3 is 14.5 Å². The van der Waals surface area contributed by atoms with Crippen molar-refractivity contribution in [2.45, 2.75) is 9.79 Å². The van der Waals surface area contributed by atoms with Gasteiger partial charge in [0.1, 0.15) is 11.5 Å². The standard InChI is InChI=1S/C54H38Cl2N2OS/c55-41-32-42(56)34-51(33-41)60-50-29-16-26-45(38-50)58(54-52(39-18-6-1-7-19-39)30-17-31-53(54)40-20-8-2-9-21-40)47-35-46(36-49(37-47)59-48-27-14-5-15-28-48)57(43-22-10-3-11-23-43)44-24-12-4-13-25-44/h1-38H. The van der Waals surface area contributed by atoms with Gasteiger partial charge in [-0.3, -0.25) is 0 Å². The van der Waals surface area contributed by atoms with Crippen molar-refractivity contribution in [1.29, 1.82) is 0 Å². The topological polar surface area (TPSA) is 15.7 Å². The van der Waals surface area contributed by atoms with E-state index in [1.54, 1.807) is 17.8 Å². The van der Waals surface area contributed by atoms with Crippen molar-refractivity contribution < 1.29 is 4.74 Å². The zero-order chi connectivity index (χ0) is 40.7. The fraction of sp³-hybridized carbons (Fsp3) is 0. The van der Waals surface area contributed by atoms with Crippen LogP contribution in [0.25, 0.3) is 22.3 Å². The molecular weight excluding hydrogens is 796 g/mol. The lowest BCUT2D eigenvalue weighted by Crippen LogP contribution is -2.15. The van der Waals surface area contributed by atoms with Gasteiger partial charge in [-0.25, -0.2) is 0 Å². The largest absolute Gasteiger partial charge is 0.457 e. The fourth-order valence-corrected chi connectivity index (χ4v) is 9.04. The summed E-state index contributed by atoms with van der Waals surface area (Å²) in [5.41, 5.74) is 10.2. The molecule has 0 radical (unpaired) electrons. The maximum Gasteiger partial charge on any atom is 0.131 e. The molecule has 0 aromatic heterocycles. The van der Waals surface area contributed by atoms with E-state index in [1.807, 2.05) is 54.6 Å². The van der Waals surface area contributed by atoms with Crippen LogP contribution in [0.5, 0.6) is 11.5 Å². The predicted molar refractivity (Wildman–Crippen MR) is 254 cm³/mol. The second-order valence-electron chi connectivity index (χ2n) is 14.1. The minimum absolute atomic E-state index is 0.594. The summed E-state index contributed by atoms with van der Waals surface area (Å²) in [5, 5.41) is 1.19. The smallest absolute Gasteiger partial charge is 0.131 e. The molecule has 0 fully saturated rings. The zero-order valence-corrected chi connectivity index (χ0v) is 34.7. The summed E-state index contributed by atoms with van der Waals surface area (Å²) in [5.74, 6) is 1.43. The molecule has 6 heteroatoms. The molecule has 0 bridgehead atoms. The summed E-state index contributed by atoms with van der Waals surface area (Å²) in [4.78, 5) is 6.62. The SMILES string of the molecule is Clc1cc(Cl)cc(Sc2cccc(N(c3cc(Oc4ccccc4)cc(N(c4ccccc4)c4ccccc4)c3)c3c(-c4ccccc4)cccc3-c3ccccc3)c2)c1. The normalized spacial score (nSPS) is 10.9. The minimum Gasteiger partial charge on any atom is -0.457 e. The van der Waals surface area contributed by atoms with E-state index in [0.29, 0.717) is 15.8 Å². The van der Waals surface area contributed by atoms with Gasteiger partial charge in [0.25, 0.3) is 0 Å².